The Bertz CT molecular complexity index is 662. The van der Waals surface area contributed by atoms with Gasteiger partial charge in [-0.1, -0.05) is 32.0 Å². The molecule has 1 saturated heterocycles. The molecule has 4 nitrogen and oxygen atoms in total. The van der Waals surface area contributed by atoms with Gasteiger partial charge in [0.25, 0.3) is 0 Å². The first kappa shape index (κ1) is 14.1. The molecule has 2 aromatic rings. The average Bonchev–Trinajstić information content (AvgIpc) is 2.80. The fourth-order valence-electron chi connectivity index (χ4n) is 2.97. The van der Waals surface area contributed by atoms with Crippen LogP contribution in [-0.2, 0) is 6.54 Å². The molecule has 0 unspecified atom stereocenters. The number of carboxylic acids is 1. The van der Waals surface area contributed by atoms with Gasteiger partial charge in [0.05, 0.1) is 0 Å². The number of aromatic carboxylic acids is 1. The van der Waals surface area contributed by atoms with Gasteiger partial charge in [0.2, 0.25) is 5.76 Å². The molecule has 1 aliphatic heterocycles. The molecule has 1 N–H and O–H groups in total. The lowest BCUT2D eigenvalue weighted by molar-refractivity contribution is 0.0659. The van der Waals surface area contributed by atoms with Crippen LogP contribution in [0, 0.1) is 5.41 Å². The molecule has 0 amide bonds. The van der Waals surface area contributed by atoms with E-state index in [1.165, 1.54) is 0 Å². The fraction of sp³-hybridized carbons (Fsp3) is 0.471. The van der Waals surface area contributed by atoms with Gasteiger partial charge in [-0.05, 0) is 37.4 Å². The normalized spacial score (nSPS) is 19.0. The van der Waals surface area contributed by atoms with E-state index in [2.05, 4.69) is 18.7 Å². The zero-order valence-corrected chi connectivity index (χ0v) is 12.6. The number of benzene rings is 1. The van der Waals surface area contributed by atoms with Crippen LogP contribution in [0.3, 0.4) is 0 Å². The molecule has 0 bridgehead atoms. The standard InChI is InChI=1S/C17H21NO3/c1-17(2)7-9-18(10-8-17)11-13-12-5-3-4-6-14(12)21-15(13)16(19)20/h3-6H,7-11H2,1-2H3,(H,19,20). The minimum atomic E-state index is -0.987. The van der Waals surface area contributed by atoms with Crippen LogP contribution in [0.15, 0.2) is 28.7 Å². The molecule has 0 spiro atoms. The number of hydrogen-bond acceptors (Lipinski definition) is 3. The minimum absolute atomic E-state index is 0.0843. The van der Waals surface area contributed by atoms with Gasteiger partial charge in [-0.2, -0.15) is 0 Å². The Kier molecular flexibility index (Phi) is 3.49. The van der Waals surface area contributed by atoms with E-state index in [0.717, 1.165) is 36.9 Å². The first-order valence-corrected chi connectivity index (χ1v) is 7.42. The van der Waals surface area contributed by atoms with E-state index in [9.17, 15) is 9.90 Å². The molecule has 4 heteroatoms. The first-order valence-electron chi connectivity index (χ1n) is 7.42. The first-order chi connectivity index (χ1) is 9.96. The van der Waals surface area contributed by atoms with Gasteiger partial charge in [-0.25, -0.2) is 4.79 Å². The highest BCUT2D eigenvalue weighted by Gasteiger charge is 2.27. The third kappa shape index (κ3) is 2.81. The second-order valence-corrected chi connectivity index (χ2v) is 6.65. The lowest BCUT2D eigenvalue weighted by Crippen LogP contribution is -2.37. The largest absolute Gasteiger partial charge is 0.475 e. The van der Waals surface area contributed by atoms with Crippen LogP contribution < -0.4 is 0 Å². The number of likely N-dealkylation sites (tertiary alicyclic amines) is 1. The zero-order valence-electron chi connectivity index (χ0n) is 12.6. The molecule has 21 heavy (non-hydrogen) atoms. The lowest BCUT2D eigenvalue weighted by Gasteiger charge is -2.36. The maximum atomic E-state index is 11.4. The van der Waals surface area contributed by atoms with Crippen molar-refractivity contribution in [3.63, 3.8) is 0 Å². The van der Waals surface area contributed by atoms with Crippen molar-refractivity contribution in [2.75, 3.05) is 13.1 Å². The maximum absolute atomic E-state index is 11.4. The molecular formula is C17H21NO3. The van der Waals surface area contributed by atoms with Crippen molar-refractivity contribution < 1.29 is 14.3 Å². The van der Waals surface area contributed by atoms with Gasteiger partial charge >= 0.3 is 5.97 Å². The summed E-state index contributed by atoms with van der Waals surface area (Å²) in [5.74, 6) is -0.903. The van der Waals surface area contributed by atoms with Crippen LogP contribution >= 0.6 is 0 Å². The topological polar surface area (TPSA) is 53.7 Å². The smallest absolute Gasteiger partial charge is 0.372 e. The quantitative estimate of drug-likeness (QED) is 0.934. The van der Waals surface area contributed by atoms with E-state index in [0.29, 0.717) is 17.5 Å². The Morgan fingerprint density at radius 1 is 1.29 bits per heavy atom. The number of carbonyl (C=O) groups is 1. The van der Waals surface area contributed by atoms with Crippen molar-refractivity contribution in [3.05, 3.63) is 35.6 Å². The van der Waals surface area contributed by atoms with Crippen LogP contribution in [-0.4, -0.2) is 29.1 Å². The van der Waals surface area contributed by atoms with Crippen molar-refractivity contribution in [3.8, 4) is 0 Å². The van der Waals surface area contributed by atoms with Gasteiger partial charge in [-0.15, -0.1) is 0 Å². The third-order valence-corrected chi connectivity index (χ3v) is 4.48. The summed E-state index contributed by atoms with van der Waals surface area (Å²) in [7, 11) is 0. The van der Waals surface area contributed by atoms with E-state index in [1.54, 1.807) is 0 Å². The highest BCUT2D eigenvalue weighted by atomic mass is 16.4. The number of carboxylic acid groups (broad SMARTS) is 1. The number of nitrogens with zero attached hydrogens (tertiary/aromatic N) is 1. The zero-order chi connectivity index (χ0) is 15.0. The summed E-state index contributed by atoms with van der Waals surface area (Å²) in [5.41, 5.74) is 1.85. The van der Waals surface area contributed by atoms with E-state index >= 15 is 0 Å². The van der Waals surface area contributed by atoms with Crippen LogP contribution in [0.5, 0.6) is 0 Å². The second kappa shape index (κ2) is 5.19. The highest BCUT2D eigenvalue weighted by Crippen LogP contribution is 2.32. The molecule has 1 fully saturated rings. The maximum Gasteiger partial charge on any atom is 0.372 e. The van der Waals surface area contributed by atoms with Gasteiger partial charge in [0.1, 0.15) is 5.58 Å². The monoisotopic (exact) mass is 287 g/mol. The number of fused-ring (bicyclic) bond motifs is 1. The van der Waals surface area contributed by atoms with E-state index in [4.69, 9.17) is 4.42 Å². The van der Waals surface area contributed by atoms with Crippen LogP contribution in [0.1, 0.15) is 42.8 Å². The SMILES string of the molecule is CC1(C)CCN(Cc2c(C(=O)O)oc3ccccc23)CC1. The van der Waals surface area contributed by atoms with E-state index in [-0.39, 0.29) is 5.76 Å². The number of piperidine rings is 1. The van der Waals surface area contributed by atoms with Crippen LogP contribution in [0.25, 0.3) is 11.0 Å². The molecule has 1 aromatic heterocycles. The van der Waals surface area contributed by atoms with Gasteiger partial charge in [-0.3, -0.25) is 4.90 Å². The molecule has 112 valence electrons. The molecule has 0 radical (unpaired) electrons. The lowest BCUT2D eigenvalue weighted by atomic mass is 9.82. The summed E-state index contributed by atoms with van der Waals surface area (Å²) < 4.78 is 5.52. The van der Waals surface area contributed by atoms with E-state index in [1.807, 2.05) is 24.3 Å². The minimum Gasteiger partial charge on any atom is -0.475 e. The molecule has 3 rings (SSSR count). The summed E-state index contributed by atoms with van der Waals surface area (Å²) >= 11 is 0. The Hall–Kier alpha value is -1.81. The van der Waals surface area contributed by atoms with Crippen molar-refractivity contribution >= 4 is 16.9 Å². The molecule has 0 aliphatic carbocycles. The van der Waals surface area contributed by atoms with Gasteiger partial charge < -0.3 is 9.52 Å². The fourth-order valence-corrected chi connectivity index (χ4v) is 2.97. The van der Waals surface area contributed by atoms with Gasteiger partial charge in [0.15, 0.2) is 0 Å². The van der Waals surface area contributed by atoms with Crippen molar-refractivity contribution in [2.24, 2.45) is 5.41 Å². The summed E-state index contributed by atoms with van der Waals surface area (Å²) in [6.07, 6.45) is 2.29. The Balaban J connectivity index is 1.89. The summed E-state index contributed by atoms with van der Waals surface area (Å²) in [6.45, 7) is 7.24. The van der Waals surface area contributed by atoms with Crippen molar-refractivity contribution in [2.45, 2.75) is 33.2 Å². The molecule has 0 saturated carbocycles. The second-order valence-electron chi connectivity index (χ2n) is 6.65. The number of hydrogen-bond donors (Lipinski definition) is 1. The Morgan fingerprint density at radius 2 is 1.95 bits per heavy atom. The summed E-state index contributed by atoms with van der Waals surface area (Å²) in [6, 6.07) is 7.55. The van der Waals surface area contributed by atoms with Crippen LogP contribution in [0.2, 0.25) is 0 Å². The summed E-state index contributed by atoms with van der Waals surface area (Å²) in [4.78, 5) is 13.8. The molecule has 1 aromatic carbocycles. The molecule has 1 aliphatic rings. The third-order valence-electron chi connectivity index (χ3n) is 4.48. The molecule has 0 atom stereocenters. The predicted molar refractivity (Wildman–Crippen MR) is 81.5 cm³/mol. The van der Waals surface area contributed by atoms with E-state index < -0.39 is 5.97 Å². The highest BCUT2D eigenvalue weighted by molar-refractivity contribution is 5.95. The number of rotatable bonds is 3. The average molecular weight is 287 g/mol. The van der Waals surface area contributed by atoms with Crippen molar-refractivity contribution in [1.29, 1.82) is 0 Å². The summed E-state index contributed by atoms with van der Waals surface area (Å²) in [5, 5.41) is 10.3. The predicted octanol–water partition coefficient (Wildman–Crippen LogP) is 3.75. The van der Waals surface area contributed by atoms with Crippen LogP contribution in [0.4, 0.5) is 0 Å². The Labute approximate surface area is 124 Å². The molecular weight excluding hydrogens is 266 g/mol. The van der Waals surface area contributed by atoms with Gasteiger partial charge in [0, 0.05) is 17.5 Å². The van der Waals surface area contributed by atoms with Crippen molar-refractivity contribution in [1.82, 2.24) is 4.90 Å². The Morgan fingerprint density at radius 3 is 2.62 bits per heavy atom. The number of furan rings is 1. The molecule has 2 heterocycles. The number of para-hydroxylation sites is 1.